The van der Waals surface area contributed by atoms with Crippen LogP contribution < -0.4 is 5.43 Å². The molecule has 0 fully saturated rings. The highest BCUT2D eigenvalue weighted by molar-refractivity contribution is 6.30. The zero-order chi connectivity index (χ0) is 14.5. The molecule has 0 aliphatic carbocycles. The molecule has 0 saturated carbocycles. The first-order chi connectivity index (χ1) is 9.60. The van der Waals surface area contributed by atoms with Gasteiger partial charge in [0.2, 0.25) is 11.6 Å². The van der Waals surface area contributed by atoms with Gasteiger partial charge >= 0.3 is 0 Å². The van der Waals surface area contributed by atoms with Gasteiger partial charge < -0.3 is 4.42 Å². The van der Waals surface area contributed by atoms with E-state index in [-0.39, 0.29) is 17.5 Å². The van der Waals surface area contributed by atoms with Gasteiger partial charge in [-0.3, -0.25) is 0 Å². The summed E-state index contributed by atoms with van der Waals surface area (Å²) in [4.78, 5) is 4.08. The van der Waals surface area contributed by atoms with Gasteiger partial charge in [0.05, 0.1) is 6.21 Å². The number of hydrazone groups is 1. The summed E-state index contributed by atoms with van der Waals surface area (Å²) in [5.41, 5.74) is 3.76. The van der Waals surface area contributed by atoms with Gasteiger partial charge in [-0.2, -0.15) is 10.4 Å². The summed E-state index contributed by atoms with van der Waals surface area (Å²) in [6, 6.07) is 9.18. The second kappa shape index (κ2) is 6.22. The Bertz CT molecular complexity index is 653. The van der Waals surface area contributed by atoms with Crippen molar-refractivity contribution in [2.45, 2.75) is 19.8 Å². The number of oxazole rings is 1. The van der Waals surface area contributed by atoms with E-state index in [0.29, 0.717) is 10.9 Å². The van der Waals surface area contributed by atoms with Gasteiger partial charge in [0.15, 0.2) is 0 Å². The molecular weight excluding hydrogens is 276 g/mol. The van der Waals surface area contributed by atoms with Crippen molar-refractivity contribution in [1.82, 2.24) is 4.98 Å². The van der Waals surface area contributed by atoms with Gasteiger partial charge in [0.25, 0.3) is 5.88 Å². The molecule has 0 spiro atoms. The number of anilines is 1. The maximum atomic E-state index is 8.98. The summed E-state index contributed by atoms with van der Waals surface area (Å²) >= 11 is 5.79. The van der Waals surface area contributed by atoms with Gasteiger partial charge in [-0.15, -0.1) is 0 Å². The lowest BCUT2D eigenvalue weighted by atomic mass is 10.2. The number of nitrogens with zero attached hydrogens (tertiary/aromatic N) is 3. The van der Waals surface area contributed by atoms with E-state index in [1.165, 1.54) is 0 Å². The first-order valence-electron chi connectivity index (χ1n) is 6.05. The molecule has 0 aliphatic heterocycles. The fraction of sp³-hybridized carbons (Fsp3) is 0.214. The van der Waals surface area contributed by atoms with Crippen molar-refractivity contribution in [3.8, 4) is 6.07 Å². The Labute approximate surface area is 121 Å². The summed E-state index contributed by atoms with van der Waals surface area (Å²) in [7, 11) is 0. The van der Waals surface area contributed by atoms with Crippen LogP contribution in [0.25, 0.3) is 0 Å². The second-order valence-corrected chi connectivity index (χ2v) is 4.85. The van der Waals surface area contributed by atoms with Crippen molar-refractivity contribution in [2.75, 3.05) is 5.43 Å². The molecule has 1 aromatic carbocycles. The van der Waals surface area contributed by atoms with E-state index in [2.05, 4.69) is 15.5 Å². The van der Waals surface area contributed by atoms with Crippen LogP contribution in [0, 0.1) is 11.3 Å². The average molecular weight is 289 g/mol. The smallest absolute Gasteiger partial charge is 0.252 e. The maximum Gasteiger partial charge on any atom is 0.252 e. The lowest BCUT2D eigenvalue weighted by Gasteiger charge is -1.97. The summed E-state index contributed by atoms with van der Waals surface area (Å²) < 4.78 is 5.44. The number of aromatic nitrogens is 1. The van der Waals surface area contributed by atoms with E-state index < -0.39 is 0 Å². The Morgan fingerprint density at radius 2 is 2.10 bits per heavy atom. The Morgan fingerprint density at radius 3 is 2.70 bits per heavy atom. The topological polar surface area (TPSA) is 74.2 Å². The molecular formula is C14H13ClN4O. The van der Waals surface area contributed by atoms with Crippen LogP contribution in [0.5, 0.6) is 0 Å². The molecule has 1 N–H and O–H groups in total. The molecule has 0 bridgehead atoms. The summed E-state index contributed by atoms with van der Waals surface area (Å²) in [5.74, 6) is 0.866. The Kier molecular flexibility index (Phi) is 4.38. The number of benzene rings is 1. The number of nitriles is 1. The van der Waals surface area contributed by atoms with Gasteiger partial charge in [0, 0.05) is 10.9 Å². The van der Waals surface area contributed by atoms with E-state index in [1.807, 2.05) is 32.0 Å². The van der Waals surface area contributed by atoms with E-state index in [9.17, 15) is 0 Å². The van der Waals surface area contributed by atoms with Gasteiger partial charge in [-0.1, -0.05) is 37.6 Å². The van der Waals surface area contributed by atoms with Gasteiger partial charge in [-0.25, -0.2) is 10.4 Å². The first kappa shape index (κ1) is 14.1. The third kappa shape index (κ3) is 3.37. The molecule has 0 radical (unpaired) electrons. The fourth-order valence-corrected chi connectivity index (χ4v) is 1.58. The second-order valence-electron chi connectivity index (χ2n) is 4.42. The summed E-state index contributed by atoms with van der Waals surface area (Å²) in [6.45, 7) is 3.88. The predicted molar refractivity (Wildman–Crippen MR) is 78.0 cm³/mol. The Hall–Kier alpha value is -2.32. The maximum absolute atomic E-state index is 8.98. The fourth-order valence-electron chi connectivity index (χ4n) is 1.45. The minimum Gasteiger partial charge on any atom is -0.422 e. The molecule has 20 heavy (non-hydrogen) atoms. The molecule has 1 heterocycles. The minimum atomic E-state index is 0.109. The largest absolute Gasteiger partial charge is 0.422 e. The highest BCUT2D eigenvalue weighted by Crippen LogP contribution is 2.21. The molecule has 6 heteroatoms. The zero-order valence-corrected chi connectivity index (χ0v) is 11.8. The normalized spacial score (nSPS) is 10.9. The molecule has 0 saturated heterocycles. The van der Waals surface area contributed by atoms with Crippen molar-refractivity contribution in [1.29, 1.82) is 5.26 Å². The van der Waals surface area contributed by atoms with Gasteiger partial charge in [-0.05, 0) is 17.7 Å². The highest BCUT2D eigenvalue weighted by Gasteiger charge is 2.14. The lowest BCUT2D eigenvalue weighted by molar-refractivity contribution is 0.481. The summed E-state index contributed by atoms with van der Waals surface area (Å²) in [6.07, 6.45) is 1.61. The van der Waals surface area contributed by atoms with Crippen LogP contribution in [0.15, 0.2) is 33.8 Å². The van der Waals surface area contributed by atoms with E-state index in [0.717, 1.165) is 5.56 Å². The minimum absolute atomic E-state index is 0.109. The Balaban J connectivity index is 2.10. The molecule has 0 amide bonds. The number of nitrogens with one attached hydrogen (secondary N) is 1. The Morgan fingerprint density at radius 1 is 1.40 bits per heavy atom. The standard InChI is InChI=1S/C14H13ClN4O/c1-9(2)13-18-12(7-16)14(20-13)19-17-8-10-3-5-11(15)6-4-10/h3-6,8-9,19H,1-2H3. The lowest BCUT2D eigenvalue weighted by Crippen LogP contribution is -1.91. The quantitative estimate of drug-likeness (QED) is 0.686. The van der Waals surface area contributed by atoms with Crippen LogP contribution in [0.1, 0.15) is 36.9 Å². The third-order valence-corrected chi connectivity index (χ3v) is 2.75. The molecule has 0 atom stereocenters. The zero-order valence-electron chi connectivity index (χ0n) is 11.1. The third-order valence-electron chi connectivity index (χ3n) is 2.49. The average Bonchev–Trinajstić information content (AvgIpc) is 2.84. The van der Waals surface area contributed by atoms with Crippen molar-refractivity contribution < 1.29 is 4.42 Å². The van der Waals surface area contributed by atoms with E-state index in [1.54, 1.807) is 18.3 Å². The van der Waals surface area contributed by atoms with Crippen LogP contribution in [0.4, 0.5) is 5.88 Å². The number of hydrogen-bond acceptors (Lipinski definition) is 5. The highest BCUT2D eigenvalue weighted by atomic mass is 35.5. The van der Waals surface area contributed by atoms with Crippen molar-refractivity contribution in [3.05, 3.63) is 46.4 Å². The monoisotopic (exact) mass is 288 g/mol. The van der Waals surface area contributed by atoms with Crippen LogP contribution in [-0.2, 0) is 0 Å². The van der Waals surface area contributed by atoms with Crippen molar-refractivity contribution in [3.63, 3.8) is 0 Å². The number of rotatable bonds is 4. The molecule has 2 rings (SSSR count). The number of hydrogen-bond donors (Lipinski definition) is 1. The van der Waals surface area contributed by atoms with E-state index >= 15 is 0 Å². The van der Waals surface area contributed by atoms with E-state index in [4.69, 9.17) is 21.3 Å². The molecule has 102 valence electrons. The molecule has 1 aromatic heterocycles. The van der Waals surface area contributed by atoms with Gasteiger partial charge in [0.1, 0.15) is 6.07 Å². The first-order valence-corrected chi connectivity index (χ1v) is 6.43. The van der Waals surface area contributed by atoms with Crippen molar-refractivity contribution in [2.24, 2.45) is 5.10 Å². The van der Waals surface area contributed by atoms with Crippen LogP contribution >= 0.6 is 11.6 Å². The SMILES string of the molecule is CC(C)c1nc(C#N)c(NN=Cc2ccc(Cl)cc2)o1. The van der Waals surface area contributed by atoms with Crippen LogP contribution in [0.2, 0.25) is 5.02 Å². The predicted octanol–water partition coefficient (Wildman–Crippen LogP) is 3.77. The number of halogens is 1. The molecule has 0 aliphatic rings. The molecule has 2 aromatic rings. The van der Waals surface area contributed by atoms with Crippen LogP contribution in [-0.4, -0.2) is 11.2 Å². The van der Waals surface area contributed by atoms with Crippen LogP contribution in [0.3, 0.4) is 0 Å². The summed E-state index contributed by atoms with van der Waals surface area (Å²) in [5, 5.41) is 13.7. The molecule has 0 unspecified atom stereocenters. The molecule has 5 nitrogen and oxygen atoms in total. The van der Waals surface area contributed by atoms with Crippen molar-refractivity contribution >= 4 is 23.7 Å².